The molecule has 4 heterocycles. The number of hydrogen-bond acceptors (Lipinski definition) is 4. The number of urea groups is 1. The number of rotatable bonds is 3. The average Bonchev–Trinajstić information content (AvgIpc) is 3.29. The van der Waals surface area contributed by atoms with Crippen molar-refractivity contribution < 1.29 is 9.59 Å². The first kappa shape index (κ1) is 20.0. The molecule has 7 nitrogen and oxygen atoms in total. The molecule has 2 saturated heterocycles. The summed E-state index contributed by atoms with van der Waals surface area (Å²) < 4.78 is 0. The van der Waals surface area contributed by atoms with E-state index in [1.54, 1.807) is 29.3 Å². The van der Waals surface area contributed by atoms with E-state index in [4.69, 9.17) is 0 Å². The zero-order chi connectivity index (χ0) is 21.2. The van der Waals surface area contributed by atoms with E-state index in [9.17, 15) is 9.59 Å². The molecule has 3 amide bonds. The molecule has 5 rings (SSSR count). The SMILES string of the molecule is O=C1Nc2cccnc2N(C(=O)N2CCCC(CCN3CCCC3)C2)c2ccccc21. The molecule has 0 saturated carbocycles. The van der Waals surface area contributed by atoms with Crippen LogP contribution in [0, 0.1) is 5.92 Å². The monoisotopic (exact) mass is 419 g/mol. The summed E-state index contributed by atoms with van der Waals surface area (Å²) in [6, 6.07) is 10.7. The smallest absolute Gasteiger partial charge is 0.324 e. The molecular formula is C24H29N5O2. The van der Waals surface area contributed by atoms with Crippen LogP contribution in [0.1, 0.15) is 42.5 Å². The van der Waals surface area contributed by atoms with Crippen molar-refractivity contribution in [2.24, 2.45) is 5.92 Å². The van der Waals surface area contributed by atoms with Crippen molar-refractivity contribution in [3.05, 3.63) is 48.2 Å². The number of hydrogen-bond donors (Lipinski definition) is 1. The minimum Gasteiger partial charge on any atom is -0.324 e. The molecule has 0 spiro atoms. The number of fused-ring (bicyclic) bond motifs is 2. The lowest BCUT2D eigenvalue weighted by atomic mass is 9.94. The van der Waals surface area contributed by atoms with E-state index < -0.39 is 0 Å². The predicted octanol–water partition coefficient (Wildman–Crippen LogP) is 4.10. The fourth-order valence-electron chi connectivity index (χ4n) is 5.02. The van der Waals surface area contributed by atoms with Crippen LogP contribution in [0.5, 0.6) is 0 Å². The molecule has 1 aromatic carbocycles. The van der Waals surface area contributed by atoms with Crippen molar-refractivity contribution in [2.45, 2.75) is 32.1 Å². The second-order valence-corrected chi connectivity index (χ2v) is 8.76. The van der Waals surface area contributed by atoms with Crippen LogP contribution in [-0.2, 0) is 0 Å². The van der Waals surface area contributed by atoms with Crippen molar-refractivity contribution in [3.8, 4) is 0 Å². The van der Waals surface area contributed by atoms with E-state index in [0.29, 0.717) is 28.7 Å². The largest absolute Gasteiger partial charge is 0.330 e. The van der Waals surface area contributed by atoms with Gasteiger partial charge in [-0.15, -0.1) is 0 Å². The molecule has 162 valence electrons. The number of benzene rings is 1. The Hall–Kier alpha value is -2.93. The highest BCUT2D eigenvalue weighted by Gasteiger charge is 2.34. The van der Waals surface area contributed by atoms with Crippen LogP contribution in [0.25, 0.3) is 0 Å². The second-order valence-electron chi connectivity index (χ2n) is 8.76. The van der Waals surface area contributed by atoms with E-state index in [1.165, 1.54) is 32.4 Å². The van der Waals surface area contributed by atoms with Gasteiger partial charge in [-0.05, 0) is 81.9 Å². The third kappa shape index (κ3) is 4.02. The highest BCUT2D eigenvalue weighted by Crippen LogP contribution is 2.37. The summed E-state index contributed by atoms with van der Waals surface area (Å²) in [5.41, 5.74) is 1.62. The summed E-state index contributed by atoms with van der Waals surface area (Å²) >= 11 is 0. The van der Waals surface area contributed by atoms with Crippen molar-refractivity contribution in [1.82, 2.24) is 14.8 Å². The summed E-state index contributed by atoms with van der Waals surface area (Å²) in [7, 11) is 0. The topological polar surface area (TPSA) is 68.8 Å². The number of aromatic nitrogens is 1. The van der Waals surface area contributed by atoms with Gasteiger partial charge in [0.2, 0.25) is 0 Å². The number of amides is 3. The number of piperidine rings is 1. The number of anilines is 3. The van der Waals surface area contributed by atoms with Crippen LogP contribution in [0.3, 0.4) is 0 Å². The fraction of sp³-hybridized carbons (Fsp3) is 0.458. The summed E-state index contributed by atoms with van der Waals surface area (Å²) in [5.74, 6) is 0.774. The van der Waals surface area contributed by atoms with E-state index >= 15 is 0 Å². The normalized spacial score (nSPS) is 21.3. The molecule has 1 atom stereocenters. The first-order chi connectivity index (χ1) is 15.2. The predicted molar refractivity (Wildman–Crippen MR) is 121 cm³/mol. The maximum atomic E-state index is 13.8. The van der Waals surface area contributed by atoms with E-state index in [1.807, 2.05) is 23.1 Å². The van der Waals surface area contributed by atoms with Crippen LogP contribution >= 0.6 is 0 Å². The van der Waals surface area contributed by atoms with Gasteiger partial charge in [-0.2, -0.15) is 0 Å². The fourth-order valence-corrected chi connectivity index (χ4v) is 5.02. The number of carbonyl (C=O) groups excluding carboxylic acids is 2. The number of pyridine rings is 1. The molecule has 31 heavy (non-hydrogen) atoms. The highest BCUT2D eigenvalue weighted by atomic mass is 16.2. The van der Waals surface area contributed by atoms with Crippen LogP contribution < -0.4 is 10.2 Å². The molecule has 1 aromatic heterocycles. The minimum absolute atomic E-state index is 0.102. The van der Waals surface area contributed by atoms with Gasteiger partial charge in [-0.3, -0.25) is 4.79 Å². The summed E-state index contributed by atoms with van der Waals surface area (Å²) in [4.78, 5) is 37.2. The molecule has 0 radical (unpaired) electrons. The Bertz CT molecular complexity index is 972. The molecule has 3 aliphatic heterocycles. The summed E-state index contributed by atoms with van der Waals surface area (Å²) in [5, 5.41) is 2.91. The number of nitrogens with one attached hydrogen (secondary N) is 1. The first-order valence-electron chi connectivity index (χ1n) is 11.4. The van der Waals surface area contributed by atoms with Gasteiger partial charge in [0.05, 0.1) is 16.9 Å². The van der Waals surface area contributed by atoms with Crippen molar-refractivity contribution in [2.75, 3.05) is 42.9 Å². The average molecular weight is 420 g/mol. The van der Waals surface area contributed by atoms with Crippen LogP contribution in [0.4, 0.5) is 22.0 Å². The quantitative estimate of drug-likeness (QED) is 0.813. The third-order valence-corrected chi connectivity index (χ3v) is 6.67. The lowest BCUT2D eigenvalue weighted by Crippen LogP contribution is -2.46. The Labute approximate surface area is 183 Å². The Morgan fingerprint density at radius 1 is 1.06 bits per heavy atom. The maximum absolute atomic E-state index is 13.8. The Kier molecular flexibility index (Phi) is 5.59. The van der Waals surface area contributed by atoms with E-state index in [-0.39, 0.29) is 11.9 Å². The van der Waals surface area contributed by atoms with Crippen LogP contribution in [0.2, 0.25) is 0 Å². The molecular weight excluding hydrogens is 390 g/mol. The molecule has 7 heteroatoms. The molecule has 0 bridgehead atoms. The Morgan fingerprint density at radius 2 is 1.90 bits per heavy atom. The lowest BCUT2D eigenvalue weighted by molar-refractivity contribution is 0.102. The molecule has 2 fully saturated rings. The summed E-state index contributed by atoms with van der Waals surface area (Å²) in [6.07, 6.45) is 7.59. The maximum Gasteiger partial charge on any atom is 0.330 e. The number of likely N-dealkylation sites (tertiary alicyclic amines) is 2. The van der Waals surface area contributed by atoms with Gasteiger partial charge in [-0.25, -0.2) is 14.7 Å². The zero-order valence-corrected chi connectivity index (χ0v) is 17.8. The minimum atomic E-state index is -0.220. The van der Waals surface area contributed by atoms with Gasteiger partial charge in [0.25, 0.3) is 5.91 Å². The third-order valence-electron chi connectivity index (χ3n) is 6.67. The second kappa shape index (κ2) is 8.67. The van der Waals surface area contributed by atoms with E-state index in [2.05, 4.69) is 15.2 Å². The first-order valence-corrected chi connectivity index (χ1v) is 11.4. The van der Waals surface area contributed by atoms with Crippen LogP contribution in [-0.4, -0.2) is 59.4 Å². The number of para-hydroxylation sites is 1. The van der Waals surface area contributed by atoms with Gasteiger partial charge >= 0.3 is 6.03 Å². The Morgan fingerprint density at radius 3 is 2.77 bits per heavy atom. The number of nitrogens with zero attached hydrogens (tertiary/aromatic N) is 4. The van der Waals surface area contributed by atoms with Gasteiger partial charge in [0.1, 0.15) is 0 Å². The highest BCUT2D eigenvalue weighted by molar-refractivity contribution is 6.16. The number of carbonyl (C=O) groups is 2. The van der Waals surface area contributed by atoms with Gasteiger partial charge < -0.3 is 15.1 Å². The molecule has 3 aliphatic rings. The van der Waals surface area contributed by atoms with Crippen LogP contribution in [0.15, 0.2) is 42.6 Å². The molecule has 2 aromatic rings. The van der Waals surface area contributed by atoms with Gasteiger partial charge in [-0.1, -0.05) is 12.1 Å². The van der Waals surface area contributed by atoms with Crippen molar-refractivity contribution in [1.29, 1.82) is 0 Å². The standard InChI is InChI=1S/C24H29N5O2/c30-23-19-8-1-2-10-21(19)29(22-20(26-23)9-5-12-25-22)24(31)28-15-6-7-18(17-28)11-16-27-13-3-4-14-27/h1-2,5,8-10,12,18H,3-4,6-7,11,13-17H2,(H,26,30). The van der Waals surface area contributed by atoms with Crippen molar-refractivity contribution in [3.63, 3.8) is 0 Å². The van der Waals surface area contributed by atoms with Gasteiger partial charge in [0.15, 0.2) is 5.82 Å². The lowest BCUT2D eigenvalue weighted by Gasteiger charge is -2.36. The molecule has 0 aliphatic carbocycles. The summed E-state index contributed by atoms with van der Waals surface area (Å²) in [6.45, 7) is 5.05. The molecule has 1 unspecified atom stereocenters. The molecule has 1 N–H and O–H groups in total. The van der Waals surface area contributed by atoms with Crippen molar-refractivity contribution >= 4 is 29.1 Å². The van der Waals surface area contributed by atoms with E-state index in [0.717, 1.165) is 32.5 Å². The van der Waals surface area contributed by atoms with Gasteiger partial charge in [0, 0.05) is 19.3 Å². The zero-order valence-electron chi connectivity index (χ0n) is 17.8. The Balaban J connectivity index is 1.40.